The van der Waals surface area contributed by atoms with Crippen molar-refractivity contribution < 1.29 is 14.3 Å². The van der Waals surface area contributed by atoms with Gasteiger partial charge < -0.3 is 14.8 Å². The fourth-order valence-electron chi connectivity index (χ4n) is 4.11. The number of hydrogen-bond acceptors (Lipinski definition) is 7. The van der Waals surface area contributed by atoms with E-state index in [1.165, 1.54) is 0 Å². The molecule has 9 nitrogen and oxygen atoms in total. The monoisotopic (exact) mass is 526 g/mol. The molecule has 1 aliphatic heterocycles. The molecule has 2 N–H and O–H groups in total. The summed E-state index contributed by atoms with van der Waals surface area (Å²) in [5, 5.41) is 12.1. The fraction of sp³-hybridized carbons (Fsp3) is 0.280. The van der Waals surface area contributed by atoms with Gasteiger partial charge in [-0.1, -0.05) is 23.2 Å². The second-order valence-corrected chi connectivity index (χ2v) is 9.24. The highest BCUT2D eigenvalue weighted by Gasteiger charge is 2.18. The molecule has 0 radical (unpaired) electrons. The summed E-state index contributed by atoms with van der Waals surface area (Å²) < 4.78 is 11.5. The van der Waals surface area contributed by atoms with Crippen LogP contribution in [0.3, 0.4) is 0 Å². The van der Waals surface area contributed by atoms with E-state index in [0.717, 1.165) is 35.2 Å². The number of hydrogen-bond donors (Lipinski definition) is 2. The molecule has 11 heteroatoms. The SMILES string of the molecule is CC(Oc1ccc2[nH]nc(-c3ccc(NC(=O)CN4CCOCC4)nc3)c2c1)c1c(Cl)cncc1Cl. The summed E-state index contributed by atoms with van der Waals surface area (Å²) in [6.45, 7) is 4.99. The molecule has 36 heavy (non-hydrogen) atoms. The normalized spacial score (nSPS) is 15.1. The van der Waals surface area contributed by atoms with E-state index in [4.69, 9.17) is 32.7 Å². The molecule has 1 aliphatic rings. The summed E-state index contributed by atoms with van der Waals surface area (Å²) in [4.78, 5) is 22.8. The number of halogens is 2. The zero-order valence-electron chi connectivity index (χ0n) is 19.5. The molecule has 4 heterocycles. The lowest BCUT2D eigenvalue weighted by Crippen LogP contribution is -2.41. The highest BCUT2D eigenvalue weighted by Crippen LogP contribution is 2.34. The number of amides is 1. The first-order valence-corrected chi connectivity index (χ1v) is 12.2. The number of ether oxygens (including phenoxy) is 2. The van der Waals surface area contributed by atoms with Crippen LogP contribution in [0.4, 0.5) is 5.82 Å². The van der Waals surface area contributed by atoms with Crippen LogP contribution in [-0.2, 0) is 9.53 Å². The molecule has 0 spiro atoms. The van der Waals surface area contributed by atoms with Gasteiger partial charge in [0.15, 0.2) is 0 Å². The zero-order chi connectivity index (χ0) is 25.1. The summed E-state index contributed by atoms with van der Waals surface area (Å²) in [6.07, 6.45) is 4.39. The van der Waals surface area contributed by atoms with Crippen molar-refractivity contribution in [2.75, 3.05) is 38.2 Å². The number of aromatic nitrogens is 4. The minimum absolute atomic E-state index is 0.104. The van der Waals surface area contributed by atoms with Crippen molar-refractivity contribution in [1.29, 1.82) is 0 Å². The first-order valence-electron chi connectivity index (χ1n) is 11.5. The molecule has 0 bridgehead atoms. The molecule has 1 fully saturated rings. The van der Waals surface area contributed by atoms with Gasteiger partial charge in [0, 0.05) is 48.2 Å². The van der Waals surface area contributed by atoms with Crippen molar-refractivity contribution in [3.63, 3.8) is 0 Å². The number of nitrogens with one attached hydrogen (secondary N) is 2. The molecule has 1 atom stereocenters. The van der Waals surface area contributed by atoms with E-state index in [1.807, 2.05) is 31.2 Å². The smallest absolute Gasteiger partial charge is 0.239 e. The Balaban J connectivity index is 1.30. The molecular formula is C25H24Cl2N6O3. The fourth-order valence-corrected chi connectivity index (χ4v) is 4.78. The number of fused-ring (bicyclic) bond motifs is 1. The standard InChI is InChI=1S/C25H24Cl2N6O3/c1-15(24-19(26)12-28-13-20(24)27)36-17-3-4-21-18(10-17)25(32-31-21)16-2-5-22(29-11-16)30-23(34)14-33-6-8-35-9-7-33/h2-5,10-13,15H,6-9,14H2,1H3,(H,31,32)(H,29,30,34). The summed E-state index contributed by atoms with van der Waals surface area (Å²) in [7, 11) is 0. The van der Waals surface area contributed by atoms with E-state index >= 15 is 0 Å². The van der Waals surface area contributed by atoms with Gasteiger partial charge >= 0.3 is 0 Å². The number of morpholine rings is 1. The quantitative estimate of drug-likeness (QED) is 0.358. The van der Waals surface area contributed by atoms with E-state index in [9.17, 15) is 4.79 Å². The average molecular weight is 527 g/mol. The van der Waals surface area contributed by atoms with Gasteiger partial charge in [-0.05, 0) is 37.3 Å². The Morgan fingerprint density at radius 3 is 2.67 bits per heavy atom. The van der Waals surface area contributed by atoms with Gasteiger partial charge in [0.05, 0.1) is 35.3 Å². The Hall–Kier alpha value is -3.24. The Morgan fingerprint density at radius 1 is 1.17 bits per heavy atom. The molecule has 1 amide bonds. The van der Waals surface area contributed by atoms with Crippen LogP contribution in [-0.4, -0.2) is 63.8 Å². The number of carbonyl (C=O) groups excluding carboxylic acids is 1. The van der Waals surface area contributed by atoms with Gasteiger partial charge in [-0.3, -0.25) is 19.8 Å². The lowest BCUT2D eigenvalue weighted by molar-refractivity contribution is -0.118. The maximum Gasteiger partial charge on any atom is 0.239 e. The van der Waals surface area contributed by atoms with Crippen LogP contribution in [0, 0.1) is 0 Å². The number of rotatable bonds is 7. The number of nitrogens with zero attached hydrogens (tertiary/aromatic N) is 4. The topological polar surface area (TPSA) is 105 Å². The molecule has 0 saturated carbocycles. The number of carbonyl (C=O) groups is 1. The van der Waals surface area contributed by atoms with Crippen molar-refractivity contribution in [2.45, 2.75) is 13.0 Å². The molecule has 5 rings (SSSR count). The van der Waals surface area contributed by atoms with Crippen LogP contribution in [0.5, 0.6) is 5.75 Å². The number of anilines is 1. The van der Waals surface area contributed by atoms with Crippen molar-refractivity contribution in [3.8, 4) is 17.0 Å². The Morgan fingerprint density at radius 2 is 1.94 bits per heavy atom. The third-order valence-corrected chi connectivity index (χ3v) is 6.52. The summed E-state index contributed by atoms with van der Waals surface area (Å²) in [5.74, 6) is 1.02. The first-order chi connectivity index (χ1) is 17.5. The van der Waals surface area contributed by atoms with E-state index < -0.39 is 0 Å². The van der Waals surface area contributed by atoms with Gasteiger partial charge in [-0.25, -0.2) is 4.98 Å². The second-order valence-electron chi connectivity index (χ2n) is 8.43. The van der Waals surface area contributed by atoms with Gasteiger partial charge in [0.2, 0.25) is 5.91 Å². The Kier molecular flexibility index (Phi) is 7.33. The van der Waals surface area contributed by atoms with E-state index in [1.54, 1.807) is 24.7 Å². The number of aromatic amines is 1. The van der Waals surface area contributed by atoms with E-state index in [-0.39, 0.29) is 12.0 Å². The Labute approximate surface area is 217 Å². The molecule has 1 unspecified atom stereocenters. The van der Waals surface area contributed by atoms with Crippen molar-refractivity contribution in [3.05, 3.63) is 64.5 Å². The zero-order valence-corrected chi connectivity index (χ0v) is 21.0. The van der Waals surface area contributed by atoms with Gasteiger partial charge in [-0.15, -0.1) is 0 Å². The highest BCUT2D eigenvalue weighted by atomic mass is 35.5. The predicted octanol–water partition coefficient (Wildman–Crippen LogP) is 4.74. The predicted molar refractivity (Wildman–Crippen MR) is 139 cm³/mol. The van der Waals surface area contributed by atoms with Crippen LogP contribution >= 0.6 is 23.2 Å². The molecule has 1 aromatic carbocycles. The minimum atomic E-state index is -0.386. The maximum atomic E-state index is 12.4. The van der Waals surface area contributed by atoms with Crippen molar-refractivity contribution >= 4 is 45.8 Å². The van der Waals surface area contributed by atoms with E-state index in [0.29, 0.717) is 46.9 Å². The highest BCUT2D eigenvalue weighted by molar-refractivity contribution is 6.35. The van der Waals surface area contributed by atoms with Crippen LogP contribution in [0.15, 0.2) is 48.9 Å². The third-order valence-electron chi connectivity index (χ3n) is 5.92. The third kappa shape index (κ3) is 5.44. The first kappa shape index (κ1) is 24.5. The average Bonchev–Trinajstić information content (AvgIpc) is 3.28. The summed E-state index contributed by atoms with van der Waals surface area (Å²) >= 11 is 12.6. The van der Waals surface area contributed by atoms with Crippen LogP contribution in [0.1, 0.15) is 18.6 Å². The molecule has 4 aromatic rings. The van der Waals surface area contributed by atoms with Crippen LogP contribution in [0.25, 0.3) is 22.2 Å². The summed E-state index contributed by atoms with van der Waals surface area (Å²) in [6, 6.07) is 9.31. The Bertz CT molecular complexity index is 1350. The van der Waals surface area contributed by atoms with Crippen LogP contribution in [0.2, 0.25) is 10.0 Å². The lowest BCUT2D eigenvalue weighted by atomic mass is 10.1. The molecular weight excluding hydrogens is 503 g/mol. The number of pyridine rings is 2. The molecule has 3 aromatic heterocycles. The lowest BCUT2D eigenvalue weighted by Gasteiger charge is -2.25. The van der Waals surface area contributed by atoms with Crippen molar-refractivity contribution in [1.82, 2.24) is 25.1 Å². The second kappa shape index (κ2) is 10.8. The minimum Gasteiger partial charge on any atom is -0.486 e. The van der Waals surface area contributed by atoms with Gasteiger partial charge in [0.25, 0.3) is 0 Å². The largest absolute Gasteiger partial charge is 0.486 e. The molecule has 0 aliphatic carbocycles. The van der Waals surface area contributed by atoms with Gasteiger partial charge in [-0.2, -0.15) is 5.10 Å². The van der Waals surface area contributed by atoms with Crippen LogP contribution < -0.4 is 10.1 Å². The van der Waals surface area contributed by atoms with Crippen molar-refractivity contribution in [2.24, 2.45) is 0 Å². The summed E-state index contributed by atoms with van der Waals surface area (Å²) in [5.41, 5.74) is 3.06. The molecule has 1 saturated heterocycles. The number of benzene rings is 1. The van der Waals surface area contributed by atoms with Gasteiger partial charge in [0.1, 0.15) is 23.4 Å². The number of H-pyrrole nitrogens is 1. The molecule has 186 valence electrons. The maximum absolute atomic E-state index is 12.4. The van der Waals surface area contributed by atoms with E-state index in [2.05, 4.69) is 30.4 Å².